The zero-order valence-corrected chi connectivity index (χ0v) is 7.16. The highest BCUT2D eigenvalue weighted by Crippen LogP contribution is 2.01. The molecule has 0 aliphatic heterocycles. The van der Waals surface area contributed by atoms with E-state index in [-0.39, 0.29) is 5.78 Å². The third-order valence-corrected chi connectivity index (χ3v) is 1.49. The smallest absolute Gasteiger partial charge is 0.155 e. The minimum absolute atomic E-state index is 0.0920. The van der Waals surface area contributed by atoms with E-state index in [1.807, 2.05) is 6.08 Å². The first-order valence-electron chi connectivity index (χ1n) is 4.07. The van der Waals surface area contributed by atoms with Gasteiger partial charge in [-0.05, 0) is 31.4 Å². The summed E-state index contributed by atoms with van der Waals surface area (Å²) in [5, 5.41) is 0. The van der Waals surface area contributed by atoms with Crippen LogP contribution in [0.15, 0.2) is 24.8 Å². The lowest BCUT2D eigenvalue weighted by Crippen LogP contribution is -1.90. The third kappa shape index (κ3) is 6.93. The maximum atomic E-state index is 10.7. The van der Waals surface area contributed by atoms with Crippen molar-refractivity contribution in [2.75, 3.05) is 0 Å². The van der Waals surface area contributed by atoms with Gasteiger partial charge in [0.25, 0.3) is 0 Å². The Labute approximate surface area is 73.0 Å². The van der Waals surface area contributed by atoms with Crippen LogP contribution in [0.25, 0.3) is 0 Å². The Morgan fingerprint density at radius 3 is 2.67 bits per heavy atom. The van der Waals surface area contributed by atoms with Crippen molar-refractivity contribution in [1.82, 2.24) is 0 Å². The summed E-state index contributed by atoms with van der Waals surface area (Å²) in [6.07, 6.45) is 8.65. The number of carbonyl (C=O) groups excluding carboxylic acids is 2. The Kier molecular flexibility index (Phi) is 7.14. The molecule has 12 heavy (non-hydrogen) atoms. The first-order chi connectivity index (χ1) is 5.81. The summed E-state index contributed by atoms with van der Waals surface area (Å²) in [4.78, 5) is 20.5. The zero-order chi connectivity index (χ0) is 9.23. The van der Waals surface area contributed by atoms with E-state index in [1.54, 1.807) is 0 Å². The lowest BCUT2D eigenvalue weighted by molar-refractivity contribution is -0.114. The average Bonchev–Trinajstić information content (AvgIpc) is 2.10. The van der Waals surface area contributed by atoms with Gasteiger partial charge in [0.05, 0.1) is 0 Å². The minimum atomic E-state index is 0.0920. The molecule has 0 aliphatic rings. The van der Waals surface area contributed by atoms with Crippen LogP contribution >= 0.6 is 0 Å². The monoisotopic (exact) mass is 166 g/mol. The van der Waals surface area contributed by atoms with Gasteiger partial charge in [-0.3, -0.25) is 9.59 Å². The van der Waals surface area contributed by atoms with Gasteiger partial charge < -0.3 is 0 Å². The number of ketones is 1. The Bertz CT molecular complexity index is 180. The van der Waals surface area contributed by atoms with Crippen LogP contribution in [0.5, 0.6) is 0 Å². The molecule has 0 bridgehead atoms. The van der Waals surface area contributed by atoms with E-state index in [0.717, 1.165) is 25.5 Å². The van der Waals surface area contributed by atoms with Gasteiger partial charge in [-0.2, -0.15) is 0 Å². The molecule has 0 rings (SSSR count). The summed E-state index contributed by atoms with van der Waals surface area (Å²) in [5.41, 5.74) is 0. The summed E-state index contributed by atoms with van der Waals surface area (Å²) in [6.45, 7) is 3.38. The fourth-order valence-electron chi connectivity index (χ4n) is 0.815. The lowest BCUT2D eigenvalue weighted by atomic mass is 10.1. The highest BCUT2D eigenvalue weighted by molar-refractivity contribution is 5.88. The molecule has 0 unspecified atom stereocenters. The predicted molar refractivity (Wildman–Crippen MR) is 48.9 cm³/mol. The molecule has 66 valence electrons. The van der Waals surface area contributed by atoms with Gasteiger partial charge in [-0.25, -0.2) is 0 Å². The highest BCUT2D eigenvalue weighted by atomic mass is 16.1. The molecule has 0 aliphatic carbocycles. The number of allylic oxidation sites excluding steroid dienone is 3. The summed E-state index contributed by atoms with van der Waals surface area (Å²) < 4.78 is 0. The highest BCUT2D eigenvalue weighted by Gasteiger charge is 1.93. The van der Waals surface area contributed by atoms with Crippen LogP contribution < -0.4 is 0 Å². The van der Waals surface area contributed by atoms with Crippen molar-refractivity contribution in [3.05, 3.63) is 24.8 Å². The summed E-state index contributed by atoms with van der Waals surface area (Å²) in [5.74, 6) is 0.0920. The van der Waals surface area contributed by atoms with E-state index < -0.39 is 0 Å². The van der Waals surface area contributed by atoms with Gasteiger partial charge in [0, 0.05) is 6.42 Å². The predicted octanol–water partition coefficient (Wildman–Crippen LogP) is 2.06. The molecule has 0 fully saturated rings. The van der Waals surface area contributed by atoms with Crippen molar-refractivity contribution in [2.24, 2.45) is 0 Å². The van der Waals surface area contributed by atoms with Crippen molar-refractivity contribution in [3.63, 3.8) is 0 Å². The molecule has 0 amide bonds. The van der Waals surface area contributed by atoms with E-state index >= 15 is 0 Å². The van der Waals surface area contributed by atoms with E-state index in [2.05, 4.69) is 6.58 Å². The van der Waals surface area contributed by atoms with Crippen molar-refractivity contribution in [2.45, 2.75) is 25.7 Å². The van der Waals surface area contributed by atoms with Gasteiger partial charge in [0.15, 0.2) is 5.78 Å². The Morgan fingerprint density at radius 2 is 2.08 bits per heavy atom. The molecule has 2 heteroatoms. The molecule has 0 N–H and O–H groups in total. The van der Waals surface area contributed by atoms with E-state index in [4.69, 9.17) is 0 Å². The van der Waals surface area contributed by atoms with E-state index in [1.165, 1.54) is 12.2 Å². The fraction of sp³-hybridized carbons (Fsp3) is 0.400. The van der Waals surface area contributed by atoms with Gasteiger partial charge in [0.2, 0.25) is 0 Å². The van der Waals surface area contributed by atoms with Crippen LogP contribution in [0, 0.1) is 0 Å². The SMILES string of the molecule is C=CC(=O)CCCCC=CC=O. The molecule has 0 heterocycles. The number of hydrogen-bond donors (Lipinski definition) is 0. The Balaban J connectivity index is 3.21. The maximum absolute atomic E-state index is 10.7. The standard InChI is InChI=1S/C10H14O2/c1-2-10(12)8-6-4-3-5-7-9-11/h2,5,7,9H,1,3-4,6,8H2. The Hall–Kier alpha value is -1.18. The van der Waals surface area contributed by atoms with Gasteiger partial charge in [-0.15, -0.1) is 0 Å². The van der Waals surface area contributed by atoms with E-state index in [9.17, 15) is 9.59 Å². The molecular formula is C10H14O2. The second-order valence-corrected chi connectivity index (χ2v) is 2.48. The van der Waals surface area contributed by atoms with Crippen LogP contribution in [-0.2, 0) is 9.59 Å². The van der Waals surface area contributed by atoms with E-state index in [0.29, 0.717) is 6.42 Å². The van der Waals surface area contributed by atoms with Crippen molar-refractivity contribution in [1.29, 1.82) is 0 Å². The van der Waals surface area contributed by atoms with Crippen molar-refractivity contribution < 1.29 is 9.59 Å². The average molecular weight is 166 g/mol. The lowest BCUT2D eigenvalue weighted by Gasteiger charge is -1.93. The summed E-state index contributed by atoms with van der Waals surface area (Å²) >= 11 is 0. The van der Waals surface area contributed by atoms with Crippen LogP contribution in [0.2, 0.25) is 0 Å². The topological polar surface area (TPSA) is 34.1 Å². The first kappa shape index (κ1) is 10.8. The Morgan fingerprint density at radius 1 is 1.33 bits per heavy atom. The molecular weight excluding hydrogens is 152 g/mol. The second kappa shape index (κ2) is 7.92. The number of hydrogen-bond acceptors (Lipinski definition) is 2. The van der Waals surface area contributed by atoms with Crippen LogP contribution in [0.1, 0.15) is 25.7 Å². The summed E-state index contributed by atoms with van der Waals surface area (Å²) in [7, 11) is 0. The third-order valence-electron chi connectivity index (χ3n) is 1.49. The molecule has 0 atom stereocenters. The van der Waals surface area contributed by atoms with Gasteiger partial charge in [0.1, 0.15) is 6.29 Å². The number of unbranched alkanes of at least 4 members (excludes halogenated alkanes) is 2. The summed E-state index contributed by atoms with van der Waals surface area (Å²) in [6, 6.07) is 0. The zero-order valence-electron chi connectivity index (χ0n) is 7.16. The molecule has 0 radical (unpaired) electrons. The van der Waals surface area contributed by atoms with Crippen LogP contribution in [0.3, 0.4) is 0 Å². The molecule has 2 nitrogen and oxygen atoms in total. The molecule has 0 spiro atoms. The second-order valence-electron chi connectivity index (χ2n) is 2.48. The number of carbonyl (C=O) groups is 2. The molecule has 0 aromatic heterocycles. The molecule has 0 aromatic rings. The normalized spacial score (nSPS) is 10.0. The van der Waals surface area contributed by atoms with Crippen molar-refractivity contribution in [3.8, 4) is 0 Å². The van der Waals surface area contributed by atoms with Crippen LogP contribution in [0.4, 0.5) is 0 Å². The van der Waals surface area contributed by atoms with Gasteiger partial charge in [-0.1, -0.05) is 12.7 Å². The fourth-order valence-corrected chi connectivity index (χ4v) is 0.815. The maximum Gasteiger partial charge on any atom is 0.155 e. The first-order valence-corrected chi connectivity index (χ1v) is 4.07. The molecule has 0 saturated heterocycles. The van der Waals surface area contributed by atoms with Crippen molar-refractivity contribution >= 4 is 12.1 Å². The molecule has 0 saturated carbocycles. The van der Waals surface area contributed by atoms with Gasteiger partial charge >= 0.3 is 0 Å². The minimum Gasteiger partial charge on any atom is -0.299 e. The molecule has 0 aromatic carbocycles. The number of aldehydes is 1. The number of rotatable bonds is 7. The van der Waals surface area contributed by atoms with Crippen LogP contribution in [-0.4, -0.2) is 12.1 Å². The quantitative estimate of drug-likeness (QED) is 0.329. The largest absolute Gasteiger partial charge is 0.299 e.